The molecule has 134 valence electrons. The number of ether oxygens (including phenoxy) is 1. The zero-order valence-electron chi connectivity index (χ0n) is 14.2. The van der Waals surface area contributed by atoms with Crippen molar-refractivity contribution in [2.24, 2.45) is 4.99 Å². The molecule has 3 rings (SSSR count). The summed E-state index contributed by atoms with van der Waals surface area (Å²) < 4.78 is 19.1. The van der Waals surface area contributed by atoms with Gasteiger partial charge in [0.2, 0.25) is 0 Å². The summed E-state index contributed by atoms with van der Waals surface area (Å²) in [6.45, 7) is 2.40. The number of benzene rings is 2. The number of nitrogens with zero attached hydrogens (tertiary/aromatic N) is 2. The zero-order valence-corrected chi connectivity index (χ0v) is 16.6. The van der Waals surface area contributed by atoms with Gasteiger partial charge >= 0.3 is 0 Å². The Labute approximate surface area is 163 Å². The molecule has 7 heteroatoms. The molecule has 0 radical (unpaired) electrons. The highest BCUT2D eigenvalue weighted by molar-refractivity contribution is 9.10. The summed E-state index contributed by atoms with van der Waals surface area (Å²) >= 11 is 4.76. The van der Waals surface area contributed by atoms with Crippen molar-refractivity contribution in [1.29, 1.82) is 0 Å². The largest absolute Gasteiger partial charge is 0.496 e. The fraction of sp³-hybridized carbons (Fsp3) is 0.158. The van der Waals surface area contributed by atoms with Gasteiger partial charge in [-0.05, 0) is 82.7 Å². The van der Waals surface area contributed by atoms with Crippen molar-refractivity contribution in [3.63, 3.8) is 0 Å². The van der Waals surface area contributed by atoms with Gasteiger partial charge in [-0.2, -0.15) is 0 Å². The maximum atomic E-state index is 13.1. The Bertz CT molecular complexity index is 897. The standard InChI is InChI=1S/C19H16BrFN2O2S/c1-3-23-18(24)17(11-12-4-9-16(25-2)15(20)10-12)26-19(23)22-14-7-5-13(21)6-8-14/h4-11H,3H2,1-2H3/b17-11+,22-19?. The van der Waals surface area contributed by atoms with Crippen LogP contribution >= 0.6 is 27.7 Å². The van der Waals surface area contributed by atoms with Crippen LogP contribution in [0, 0.1) is 5.82 Å². The van der Waals surface area contributed by atoms with Crippen LogP contribution in [0.25, 0.3) is 6.08 Å². The van der Waals surface area contributed by atoms with Crippen molar-refractivity contribution in [2.75, 3.05) is 13.7 Å². The molecular formula is C19H16BrFN2O2S. The van der Waals surface area contributed by atoms with E-state index in [9.17, 15) is 9.18 Å². The average Bonchev–Trinajstić information content (AvgIpc) is 2.91. The molecule has 4 nitrogen and oxygen atoms in total. The highest BCUT2D eigenvalue weighted by Gasteiger charge is 2.32. The number of carbonyl (C=O) groups is 1. The molecule has 0 unspecified atom stereocenters. The van der Waals surface area contributed by atoms with Crippen molar-refractivity contribution in [2.45, 2.75) is 6.92 Å². The van der Waals surface area contributed by atoms with E-state index in [-0.39, 0.29) is 11.7 Å². The summed E-state index contributed by atoms with van der Waals surface area (Å²) in [5, 5.41) is 0.586. The number of halogens is 2. The Morgan fingerprint density at radius 1 is 1.27 bits per heavy atom. The quantitative estimate of drug-likeness (QED) is 0.619. The van der Waals surface area contributed by atoms with Gasteiger partial charge in [-0.25, -0.2) is 9.38 Å². The molecule has 1 aliphatic rings. The topological polar surface area (TPSA) is 41.9 Å². The fourth-order valence-electron chi connectivity index (χ4n) is 2.42. The summed E-state index contributed by atoms with van der Waals surface area (Å²) in [7, 11) is 1.60. The molecule has 1 fully saturated rings. The first-order chi connectivity index (χ1) is 12.5. The highest BCUT2D eigenvalue weighted by atomic mass is 79.9. The van der Waals surface area contributed by atoms with E-state index in [2.05, 4.69) is 20.9 Å². The summed E-state index contributed by atoms with van der Waals surface area (Å²) in [5.74, 6) is 0.318. The second kappa shape index (κ2) is 8.05. The van der Waals surface area contributed by atoms with Crippen LogP contribution in [0.15, 0.2) is 56.8 Å². The third-order valence-corrected chi connectivity index (χ3v) is 5.36. The van der Waals surface area contributed by atoms with Crippen LogP contribution in [0.1, 0.15) is 12.5 Å². The summed E-state index contributed by atoms with van der Waals surface area (Å²) in [6.07, 6.45) is 1.83. The van der Waals surface area contributed by atoms with E-state index < -0.39 is 0 Å². The van der Waals surface area contributed by atoms with E-state index in [1.807, 2.05) is 31.2 Å². The molecule has 0 N–H and O–H groups in total. The number of amides is 1. The SMILES string of the molecule is CCN1C(=O)/C(=C\c2ccc(OC)c(Br)c2)SC1=Nc1ccc(F)cc1. The molecule has 0 aliphatic carbocycles. The van der Waals surface area contributed by atoms with Crippen molar-refractivity contribution in [3.8, 4) is 5.75 Å². The van der Waals surface area contributed by atoms with Gasteiger partial charge in [0.15, 0.2) is 5.17 Å². The lowest BCUT2D eigenvalue weighted by Gasteiger charge is -2.11. The van der Waals surface area contributed by atoms with Crippen LogP contribution < -0.4 is 4.74 Å². The normalized spacial score (nSPS) is 17.4. The second-order valence-electron chi connectivity index (χ2n) is 5.42. The van der Waals surface area contributed by atoms with Gasteiger partial charge in [0.05, 0.1) is 22.2 Å². The van der Waals surface area contributed by atoms with Gasteiger partial charge in [-0.3, -0.25) is 9.69 Å². The number of hydrogen-bond donors (Lipinski definition) is 0. The number of amidine groups is 1. The molecule has 1 amide bonds. The summed E-state index contributed by atoms with van der Waals surface area (Å²) in [5.41, 5.74) is 1.49. The first-order valence-electron chi connectivity index (χ1n) is 7.91. The third kappa shape index (κ3) is 3.99. The maximum absolute atomic E-state index is 13.1. The summed E-state index contributed by atoms with van der Waals surface area (Å²) in [4.78, 5) is 19.3. The molecule has 2 aromatic rings. The number of likely N-dealkylation sites (N-methyl/N-ethyl adjacent to an activating group) is 1. The lowest BCUT2D eigenvalue weighted by Crippen LogP contribution is -2.28. The molecule has 0 saturated carbocycles. The molecule has 1 saturated heterocycles. The minimum absolute atomic E-state index is 0.0923. The number of aliphatic imine (C=N–C) groups is 1. The Balaban J connectivity index is 1.91. The van der Waals surface area contributed by atoms with E-state index in [0.29, 0.717) is 22.3 Å². The molecular weight excluding hydrogens is 419 g/mol. The number of thioether (sulfide) groups is 1. The minimum atomic E-state index is -0.317. The van der Waals surface area contributed by atoms with Crippen molar-refractivity contribution >= 4 is 50.5 Å². The van der Waals surface area contributed by atoms with Gasteiger partial charge in [-0.15, -0.1) is 0 Å². The van der Waals surface area contributed by atoms with E-state index in [4.69, 9.17) is 4.74 Å². The predicted octanol–water partition coefficient (Wildman–Crippen LogP) is 5.22. The van der Waals surface area contributed by atoms with Crippen LogP contribution in [-0.2, 0) is 4.79 Å². The van der Waals surface area contributed by atoms with Crippen molar-refractivity contribution in [1.82, 2.24) is 4.90 Å². The van der Waals surface area contributed by atoms with E-state index >= 15 is 0 Å². The number of methoxy groups -OCH3 is 1. The van der Waals surface area contributed by atoms with Crippen LogP contribution in [0.5, 0.6) is 5.75 Å². The van der Waals surface area contributed by atoms with Crippen molar-refractivity contribution in [3.05, 3.63) is 63.2 Å². The van der Waals surface area contributed by atoms with Crippen LogP contribution in [-0.4, -0.2) is 29.6 Å². The smallest absolute Gasteiger partial charge is 0.266 e. The Morgan fingerprint density at radius 3 is 2.62 bits per heavy atom. The molecule has 26 heavy (non-hydrogen) atoms. The van der Waals surface area contributed by atoms with E-state index in [1.165, 1.54) is 23.9 Å². The van der Waals surface area contributed by atoms with Crippen LogP contribution in [0.3, 0.4) is 0 Å². The molecule has 1 aliphatic heterocycles. The van der Waals surface area contributed by atoms with Gasteiger partial charge < -0.3 is 4.74 Å². The average molecular weight is 435 g/mol. The van der Waals surface area contributed by atoms with Gasteiger partial charge in [0, 0.05) is 6.54 Å². The first kappa shape index (κ1) is 18.7. The lowest BCUT2D eigenvalue weighted by molar-refractivity contribution is -0.122. The second-order valence-corrected chi connectivity index (χ2v) is 7.29. The predicted molar refractivity (Wildman–Crippen MR) is 107 cm³/mol. The molecule has 0 bridgehead atoms. The number of hydrogen-bond acceptors (Lipinski definition) is 4. The number of carbonyl (C=O) groups excluding carboxylic acids is 1. The van der Waals surface area contributed by atoms with Gasteiger partial charge in [-0.1, -0.05) is 6.07 Å². The first-order valence-corrected chi connectivity index (χ1v) is 9.52. The Morgan fingerprint density at radius 2 is 2.00 bits per heavy atom. The molecule has 2 aromatic carbocycles. The van der Waals surface area contributed by atoms with Crippen molar-refractivity contribution < 1.29 is 13.9 Å². The van der Waals surface area contributed by atoms with Crippen LogP contribution in [0.2, 0.25) is 0 Å². The highest BCUT2D eigenvalue weighted by Crippen LogP contribution is 2.35. The maximum Gasteiger partial charge on any atom is 0.266 e. The van der Waals surface area contributed by atoms with E-state index in [0.717, 1.165) is 15.8 Å². The number of rotatable bonds is 4. The third-order valence-electron chi connectivity index (χ3n) is 3.73. The fourth-order valence-corrected chi connectivity index (χ4v) is 4.04. The zero-order chi connectivity index (χ0) is 18.7. The molecule has 1 heterocycles. The minimum Gasteiger partial charge on any atom is -0.496 e. The summed E-state index contributed by atoms with van der Waals surface area (Å²) in [6, 6.07) is 11.5. The molecule has 0 spiro atoms. The lowest BCUT2D eigenvalue weighted by atomic mass is 10.2. The Kier molecular flexibility index (Phi) is 5.78. The monoisotopic (exact) mass is 434 g/mol. The Hall–Kier alpha value is -2.12. The molecule has 0 atom stereocenters. The van der Waals surface area contributed by atoms with E-state index in [1.54, 1.807) is 24.1 Å². The van der Waals surface area contributed by atoms with Crippen LogP contribution in [0.4, 0.5) is 10.1 Å². The van der Waals surface area contributed by atoms with Gasteiger partial charge in [0.25, 0.3) is 5.91 Å². The van der Waals surface area contributed by atoms with Gasteiger partial charge in [0.1, 0.15) is 11.6 Å². The molecule has 0 aromatic heterocycles.